The van der Waals surface area contributed by atoms with Crippen molar-refractivity contribution in [3.05, 3.63) is 130 Å². The average molecular weight is 677 g/mol. The summed E-state index contributed by atoms with van der Waals surface area (Å²) in [6, 6.07) is 25.2. The van der Waals surface area contributed by atoms with Crippen molar-refractivity contribution in [2.24, 2.45) is 0 Å². The van der Waals surface area contributed by atoms with Crippen LogP contribution in [0.2, 0.25) is 0 Å². The first-order chi connectivity index (χ1) is 22.8. The summed E-state index contributed by atoms with van der Waals surface area (Å²) in [6.45, 7) is 0.716. The van der Waals surface area contributed by atoms with Crippen molar-refractivity contribution in [2.45, 2.75) is 36.6 Å². The highest BCUT2D eigenvalue weighted by atomic mass is 32.2. The van der Waals surface area contributed by atoms with E-state index >= 15 is 0 Å². The lowest BCUT2D eigenvalue weighted by Crippen LogP contribution is -2.59. The fourth-order valence-electron chi connectivity index (χ4n) is 6.37. The van der Waals surface area contributed by atoms with Gasteiger partial charge in [0.25, 0.3) is 15.6 Å². The molecule has 0 bridgehead atoms. The number of benzene rings is 4. The Morgan fingerprint density at radius 3 is 2.27 bits per heavy atom. The summed E-state index contributed by atoms with van der Waals surface area (Å²) in [5.41, 5.74) is -2.40. The number of methoxy groups -OCH3 is 2. The molecule has 0 spiro atoms. The highest BCUT2D eigenvalue weighted by Crippen LogP contribution is 2.42. The number of hydrogen-bond donors (Lipinski definition) is 0. The maximum absolute atomic E-state index is 14.7. The van der Waals surface area contributed by atoms with Crippen LogP contribution in [0.4, 0.5) is 13.2 Å². The van der Waals surface area contributed by atoms with Gasteiger partial charge in [0.15, 0.2) is 10.6 Å². The molecule has 1 aromatic heterocycles. The molecule has 1 atom stereocenters. The number of rotatable bonds is 7. The maximum Gasteiger partial charge on any atom is 0.416 e. The number of fused-ring (bicyclic) bond motifs is 2. The van der Waals surface area contributed by atoms with Crippen molar-refractivity contribution in [2.75, 3.05) is 20.8 Å². The first-order valence-corrected chi connectivity index (χ1v) is 16.4. The van der Waals surface area contributed by atoms with Gasteiger partial charge in [-0.2, -0.15) is 17.5 Å². The molecular weight excluding hydrogens is 645 g/mol. The normalized spacial score (nSPS) is 17.5. The lowest BCUT2D eigenvalue weighted by Gasteiger charge is -2.41. The van der Waals surface area contributed by atoms with Crippen LogP contribution in [0.15, 0.2) is 107 Å². The third kappa shape index (κ3) is 5.75. The van der Waals surface area contributed by atoms with E-state index in [-0.39, 0.29) is 29.7 Å². The van der Waals surface area contributed by atoms with Gasteiger partial charge < -0.3 is 9.47 Å². The first kappa shape index (κ1) is 33.0. The standard InChI is InChI=1S/C36H31F3N2O6S/c1-35(34(43)47-3)22-40(21-23-14-16-29(46-2)17-15-23)48(44,45)33-32(26-11-7-12-28(19-26)36(37,38)39)27(20-31(42)41(33)35)18-25-10-6-9-24-8-4-5-13-30(24)25/h4-17,19-20H,18,21-22H2,1-3H3. The molecule has 1 aliphatic heterocycles. The minimum Gasteiger partial charge on any atom is -0.497 e. The summed E-state index contributed by atoms with van der Waals surface area (Å²) < 4.78 is 83.8. The largest absolute Gasteiger partial charge is 0.497 e. The molecule has 1 aliphatic rings. The van der Waals surface area contributed by atoms with E-state index in [2.05, 4.69) is 0 Å². The van der Waals surface area contributed by atoms with Crippen molar-refractivity contribution in [1.29, 1.82) is 0 Å². The monoisotopic (exact) mass is 676 g/mol. The molecule has 6 rings (SSSR count). The van der Waals surface area contributed by atoms with E-state index in [9.17, 15) is 31.2 Å². The number of hydrogen-bond acceptors (Lipinski definition) is 6. The number of carbonyl (C=O) groups is 1. The molecule has 0 fully saturated rings. The Balaban J connectivity index is 1.67. The molecule has 1 unspecified atom stereocenters. The number of sulfonamides is 1. The molecule has 2 heterocycles. The van der Waals surface area contributed by atoms with Crippen molar-refractivity contribution >= 4 is 26.8 Å². The van der Waals surface area contributed by atoms with Crippen LogP contribution in [-0.4, -0.2) is 44.0 Å². The van der Waals surface area contributed by atoms with Gasteiger partial charge in [-0.15, -0.1) is 0 Å². The van der Waals surface area contributed by atoms with E-state index in [0.717, 1.165) is 44.5 Å². The second kappa shape index (κ2) is 12.3. The van der Waals surface area contributed by atoms with Gasteiger partial charge in [0, 0.05) is 24.7 Å². The molecule has 12 heteroatoms. The zero-order chi connectivity index (χ0) is 34.4. The van der Waals surface area contributed by atoms with Crippen LogP contribution < -0.4 is 10.3 Å². The summed E-state index contributed by atoms with van der Waals surface area (Å²) in [4.78, 5) is 27.6. The lowest BCUT2D eigenvalue weighted by molar-refractivity contribution is -0.152. The second-order valence-electron chi connectivity index (χ2n) is 11.8. The van der Waals surface area contributed by atoms with E-state index in [4.69, 9.17) is 9.47 Å². The number of nitrogens with zero attached hydrogens (tertiary/aromatic N) is 2. The number of alkyl halides is 3. The molecule has 8 nitrogen and oxygen atoms in total. The zero-order valence-electron chi connectivity index (χ0n) is 26.2. The molecule has 0 N–H and O–H groups in total. The van der Waals surface area contributed by atoms with E-state index < -0.39 is 50.4 Å². The van der Waals surface area contributed by atoms with Crippen LogP contribution >= 0.6 is 0 Å². The van der Waals surface area contributed by atoms with Crippen LogP contribution in [-0.2, 0) is 44.2 Å². The van der Waals surface area contributed by atoms with Gasteiger partial charge >= 0.3 is 12.1 Å². The van der Waals surface area contributed by atoms with Gasteiger partial charge in [0.05, 0.1) is 19.8 Å². The minimum atomic E-state index is -4.74. The molecule has 248 valence electrons. The minimum absolute atomic E-state index is 0.0128. The molecule has 5 aromatic rings. The van der Waals surface area contributed by atoms with E-state index in [1.807, 2.05) is 42.5 Å². The summed E-state index contributed by atoms with van der Waals surface area (Å²) in [6.07, 6.45) is -4.73. The zero-order valence-corrected chi connectivity index (χ0v) is 27.1. The van der Waals surface area contributed by atoms with Crippen LogP contribution in [0, 0.1) is 0 Å². The predicted molar refractivity (Wildman–Crippen MR) is 174 cm³/mol. The molecule has 48 heavy (non-hydrogen) atoms. The quantitative estimate of drug-likeness (QED) is 0.186. The van der Waals surface area contributed by atoms with Gasteiger partial charge in [0.2, 0.25) is 0 Å². The first-order valence-electron chi connectivity index (χ1n) is 14.9. The summed E-state index contributed by atoms with van der Waals surface area (Å²) in [7, 11) is -2.03. The third-order valence-corrected chi connectivity index (χ3v) is 10.5. The number of esters is 1. The van der Waals surface area contributed by atoms with Gasteiger partial charge in [-0.25, -0.2) is 13.2 Å². The van der Waals surface area contributed by atoms with Crippen molar-refractivity contribution in [3.8, 4) is 16.9 Å². The van der Waals surface area contributed by atoms with Gasteiger partial charge in [-0.3, -0.25) is 9.36 Å². The molecule has 4 aromatic carbocycles. The van der Waals surface area contributed by atoms with Crippen LogP contribution in [0.1, 0.15) is 29.2 Å². The third-order valence-electron chi connectivity index (χ3n) is 8.70. The molecular formula is C36H31F3N2O6S. The predicted octanol–water partition coefficient (Wildman–Crippen LogP) is 6.38. The Hall–Kier alpha value is -4.94. The topological polar surface area (TPSA) is 94.9 Å². The molecule has 0 saturated carbocycles. The smallest absolute Gasteiger partial charge is 0.416 e. The molecule has 0 saturated heterocycles. The Morgan fingerprint density at radius 1 is 0.896 bits per heavy atom. The van der Waals surface area contributed by atoms with Gasteiger partial charge in [-0.1, -0.05) is 66.7 Å². The van der Waals surface area contributed by atoms with Gasteiger partial charge in [0.1, 0.15) is 5.75 Å². The van der Waals surface area contributed by atoms with Crippen molar-refractivity contribution in [1.82, 2.24) is 8.87 Å². The Bertz CT molecular complexity index is 2210. The van der Waals surface area contributed by atoms with Crippen molar-refractivity contribution < 1.29 is 35.9 Å². The van der Waals surface area contributed by atoms with Crippen LogP contribution in [0.5, 0.6) is 5.75 Å². The number of pyridine rings is 1. The molecule has 0 amide bonds. The SMILES string of the molecule is COC(=O)C1(C)CN(Cc2ccc(OC)cc2)S(=O)(=O)c2c(-c3cccc(C(F)(F)F)c3)c(Cc3cccc4ccccc34)cc(=O)n21. The second-order valence-corrected chi connectivity index (χ2v) is 13.7. The average Bonchev–Trinajstić information content (AvgIpc) is 3.07. The van der Waals surface area contributed by atoms with E-state index in [0.29, 0.717) is 11.3 Å². The Labute approximate surface area is 275 Å². The maximum atomic E-state index is 14.7. The van der Waals surface area contributed by atoms with E-state index in [1.54, 1.807) is 24.3 Å². The molecule has 0 aliphatic carbocycles. The Morgan fingerprint density at radius 2 is 1.58 bits per heavy atom. The Kier molecular flexibility index (Phi) is 8.42. The fraction of sp³-hybridized carbons (Fsp3) is 0.222. The van der Waals surface area contributed by atoms with Crippen LogP contribution in [0.3, 0.4) is 0 Å². The highest BCUT2D eigenvalue weighted by Gasteiger charge is 2.51. The van der Waals surface area contributed by atoms with Gasteiger partial charge in [-0.05, 0) is 70.6 Å². The summed E-state index contributed by atoms with van der Waals surface area (Å²) in [5, 5.41) is 1.13. The van der Waals surface area contributed by atoms with Crippen LogP contribution in [0.25, 0.3) is 21.9 Å². The summed E-state index contributed by atoms with van der Waals surface area (Å²) in [5.74, 6) is -0.348. The number of ether oxygens (including phenoxy) is 2. The fourth-order valence-corrected chi connectivity index (χ4v) is 8.38. The lowest BCUT2D eigenvalue weighted by atomic mass is 9.92. The summed E-state index contributed by atoms with van der Waals surface area (Å²) >= 11 is 0. The number of halogens is 3. The highest BCUT2D eigenvalue weighted by molar-refractivity contribution is 7.89. The number of aromatic nitrogens is 1. The number of carbonyl (C=O) groups excluding carboxylic acids is 1. The molecule has 0 radical (unpaired) electrons. The van der Waals surface area contributed by atoms with E-state index in [1.165, 1.54) is 32.2 Å². The van der Waals surface area contributed by atoms with Crippen molar-refractivity contribution in [3.63, 3.8) is 0 Å².